The van der Waals surface area contributed by atoms with Crippen molar-refractivity contribution in [1.29, 1.82) is 0 Å². The maximum Gasteiger partial charge on any atom is 0.173 e. The molecular formula is C2H2ClN3O4. The first-order valence-electron chi connectivity index (χ1n) is 2.05. The molecular weight excluding hydrogens is 165 g/mol. The largest absolute Gasteiger partial charge is 0.173 e. The molecule has 0 bridgehead atoms. The van der Waals surface area contributed by atoms with E-state index in [1.54, 1.807) is 0 Å². The van der Waals surface area contributed by atoms with Gasteiger partial charge in [0.1, 0.15) is 6.20 Å². The number of rotatable bonds is 2. The van der Waals surface area contributed by atoms with E-state index in [-0.39, 0.29) is 0 Å². The summed E-state index contributed by atoms with van der Waals surface area (Å²) in [5, 5.41) is 6.25. The summed E-state index contributed by atoms with van der Waals surface area (Å²) in [4.78, 5) is 0.434. The van der Waals surface area contributed by atoms with Gasteiger partial charge in [0.05, 0.1) is 15.4 Å². The van der Waals surface area contributed by atoms with Crippen molar-refractivity contribution in [2.75, 3.05) is 0 Å². The third-order valence-electron chi connectivity index (χ3n) is 0.556. The Labute approximate surface area is 57.1 Å². The molecule has 56 valence electrons. The average molecular weight is 168 g/mol. The minimum absolute atomic E-state index is 0.434. The molecule has 1 heterocycles. The lowest BCUT2D eigenvalue weighted by atomic mass is 11.0. The molecule has 0 radical (unpaired) electrons. The van der Waals surface area contributed by atoms with Crippen LogP contribution in [-0.4, -0.2) is 15.2 Å². The van der Waals surface area contributed by atoms with Crippen molar-refractivity contribution in [3.63, 3.8) is 0 Å². The molecule has 1 rings (SSSR count). The molecule has 0 aromatic carbocycles. The lowest BCUT2D eigenvalue weighted by Crippen LogP contribution is -2.65. The zero-order chi connectivity index (χ0) is 7.61. The second-order valence-electron chi connectivity index (χ2n) is 1.25. The van der Waals surface area contributed by atoms with Gasteiger partial charge in [0.2, 0.25) is 0 Å². The summed E-state index contributed by atoms with van der Waals surface area (Å²) in [6, 6.07) is 0. The molecule has 10 heavy (non-hydrogen) atoms. The van der Waals surface area contributed by atoms with Gasteiger partial charge in [-0.25, -0.2) is 0 Å². The van der Waals surface area contributed by atoms with E-state index in [4.69, 9.17) is 0 Å². The van der Waals surface area contributed by atoms with Gasteiger partial charge in [0.25, 0.3) is 0 Å². The predicted molar refractivity (Wildman–Crippen MR) is 16.6 cm³/mol. The van der Waals surface area contributed by atoms with Gasteiger partial charge in [-0.15, -0.1) is 5.10 Å². The van der Waals surface area contributed by atoms with Gasteiger partial charge in [-0.2, -0.15) is 14.0 Å². The first kappa shape index (κ1) is 7.22. The van der Waals surface area contributed by atoms with E-state index in [1.807, 2.05) is 0 Å². The summed E-state index contributed by atoms with van der Waals surface area (Å²) in [6.45, 7) is 0. The smallest absolute Gasteiger partial charge is 0.164 e. The van der Waals surface area contributed by atoms with E-state index in [1.165, 1.54) is 6.20 Å². The Morgan fingerprint density at radius 3 is 2.50 bits per heavy atom. The molecule has 0 fully saturated rings. The highest BCUT2D eigenvalue weighted by Gasteiger charge is 2.19. The fourth-order valence-corrected chi connectivity index (χ4v) is 0.568. The number of hydrogen-bond donors (Lipinski definition) is 0. The van der Waals surface area contributed by atoms with Crippen LogP contribution in [0.5, 0.6) is 0 Å². The van der Waals surface area contributed by atoms with Crippen LogP contribution in [-0.2, 0) is 0 Å². The molecule has 0 N–H and O–H groups in total. The van der Waals surface area contributed by atoms with Gasteiger partial charge in [0, 0.05) is 0 Å². The molecule has 1 aromatic heterocycles. The van der Waals surface area contributed by atoms with E-state index in [0.717, 1.165) is 6.20 Å². The summed E-state index contributed by atoms with van der Waals surface area (Å²) in [6.07, 6.45) is 2.24. The van der Waals surface area contributed by atoms with Crippen molar-refractivity contribution >= 4 is 0 Å². The zero-order valence-electron chi connectivity index (χ0n) is 4.51. The Bertz CT molecular complexity index is 193. The molecule has 0 atom stereocenters. The lowest BCUT2D eigenvalue weighted by molar-refractivity contribution is -1.92. The first-order valence-corrected chi connectivity index (χ1v) is 3.28. The SMILES string of the molecule is [O-][Cl+3]([O-])([O-])On1ccnn1. The fourth-order valence-electron chi connectivity index (χ4n) is 0.321. The van der Waals surface area contributed by atoms with E-state index in [9.17, 15) is 14.0 Å². The molecule has 0 aliphatic heterocycles. The summed E-state index contributed by atoms with van der Waals surface area (Å²) in [7, 11) is -4.48. The highest BCUT2D eigenvalue weighted by atomic mass is 35.7. The summed E-state index contributed by atoms with van der Waals surface area (Å²) in [5.74, 6) is 0. The number of nitrogens with zero attached hydrogens (tertiary/aromatic N) is 3. The van der Waals surface area contributed by atoms with Crippen molar-refractivity contribution in [3.8, 4) is 0 Å². The van der Waals surface area contributed by atoms with Crippen molar-refractivity contribution in [2.24, 2.45) is 0 Å². The summed E-state index contributed by atoms with van der Waals surface area (Å²) < 4.78 is 33.1. The van der Waals surface area contributed by atoms with Crippen LogP contribution < -0.4 is 18.4 Å². The second kappa shape index (κ2) is 2.39. The Morgan fingerprint density at radius 2 is 2.10 bits per heavy atom. The van der Waals surface area contributed by atoms with Crippen LogP contribution in [0.4, 0.5) is 0 Å². The highest BCUT2D eigenvalue weighted by Crippen LogP contribution is 1.81. The lowest BCUT2D eigenvalue weighted by Gasteiger charge is -2.08. The molecule has 0 aliphatic carbocycles. The van der Waals surface area contributed by atoms with Crippen LogP contribution >= 0.6 is 0 Å². The maximum atomic E-state index is 9.80. The van der Waals surface area contributed by atoms with Crippen LogP contribution in [0.15, 0.2) is 12.4 Å². The van der Waals surface area contributed by atoms with Crippen LogP contribution in [0, 0.1) is 10.2 Å². The molecule has 0 aliphatic rings. The van der Waals surface area contributed by atoms with Crippen LogP contribution in [0.1, 0.15) is 0 Å². The number of aromatic nitrogens is 3. The molecule has 8 heteroatoms. The molecule has 7 nitrogen and oxygen atoms in total. The fraction of sp³-hybridized carbons (Fsp3) is 0. The second-order valence-corrected chi connectivity index (χ2v) is 2.15. The van der Waals surface area contributed by atoms with Gasteiger partial charge in [-0.05, 0) is 5.21 Å². The number of halogens is 1. The highest BCUT2D eigenvalue weighted by molar-refractivity contribution is 4.58. The van der Waals surface area contributed by atoms with E-state index < -0.39 is 10.2 Å². The third kappa shape index (κ3) is 2.15. The Balaban J connectivity index is 2.57. The summed E-state index contributed by atoms with van der Waals surface area (Å²) in [5.41, 5.74) is 0. The van der Waals surface area contributed by atoms with Crippen LogP contribution in [0.2, 0.25) is 0 Å². The predicted octanol–water partition coefficient (Wildman–Crippen LogP) is -4.40. The van der Waals surface area contributed by atoms with E-state index in [0.29, 0.717) is 4.85 Å². The van der Waals surface area contributed by atoms with Gasteiger partial charge in [-0.3, -0.25) is 0 Å². The number of hydrogen-bond acceptors (Lipinski definition) is 6. The van der Waals surface area contributed by atoms with Gasteiger partial charge >= 0.3 is 0 Å². The van der Waals surface area contributed by atoms with Crippen molar-refractivity contribution in [1.82, 2.24) is 15.2 Å². The topological polar surface area (TPSA) is 109 Å². The van der Waals surface area contributed by atoms with E-state index in [2.05, 4.69) is 14.7 Å². The van der Waals surface area contributed by atoms with Gasteiger partial charge in [-0.1, -0.05) is 0 Å². The van der Waals surface area contributed by atoms with Crippen LogP contribution in [0.25, 0.3) is 0 Å². The normalized spacial score (nSPS) is 11.5. The van der Waals surface area contributed by atoms with Crippen LogP contribution in [0.3, 0.4) is 0 Å². The quantitative estimate of drug-likeness (QED) is 0.440. The van der Waals surface area contributed by atoms with Crippen molar-refractivity contribution < 1.29 is 28.6 Å². The monoisotopic (exact) mass is 167 g/mol. The zero-order valence-corrected chi connectivity index (χ0v) is 5.26. The Hall–Kier alpha value is -0.890. The minimum atomic E-state index is -4.48. The molecule has 0 amide bonds. The van der Waals surface area contributed by atoms with E-state index >= 15 is 0 Å². The maximum absolute atomic E-state index is 9.80. The van der Waals surface area contributed by atoms with Gasteiger partial charge in [0.15, 0.2) is 10.2 Å². The third-order valence-corrected chi connectivity index (χ3v) is 0.866. The molecule has 0 saturated carbocycles. The summed E-state index contributed by atoms with van der Waals surface area (Å²) >= 11 is 0. The standard InChI is InChI=1S/C2H2ClN3O4/c7-3(8,9)10-6-2-1-4-5-6/h1-2H. The Morgan fingerprint density at radius 1 is 1.40 bits per heavy atom. The van der Waals surface area contributed by atoms with Gasteiger partial charge < -0.3 is 0 Å². The average Bonchev–Trinajstić information content (AvgIpc) is 2.12. The Kier molecular flexibility index (Phi) is 1.72. The van der Waals surface area contributed by atoms with Crippen molar-refractivity contribution in [2.45, 2.75) is 0 Å². The molecule has 0 saturated heterocycles. The molecule has 0 spiro atoms. The minimum Gasteiger partial charge on any atom is -0.164 e. The molecule has 1 aromatic rings. The molecule has 0 unspecified atom stereocenters. The van der Waals surface area contributed by atoms with Crippen molar-refractivity contribution in [3.05, 3.63) is 12.4 Å². The first-order chi connectivity index (χ1) is 4.58.